The van der Waals surface area contributed by atoms with Crippen LogP contribution in [0.1, 0.15) is 32.3 Å². The Kier molecular flexibility index (Phi) is 9.73. The first-order valence-electron chi connectivity index (χ1n) is 7.88. The second-order valence-electron chi connectivity index (χ2n) is 6.14. The molecule has 2 unspecified atom stereocenters. The van der Waals surface area contributed by atoms with E-state index in [1.54, 1.807) is 19.1 Å². The molecule has 0 heterocycles. The average Bonchev–Trinajstić information content (AvgIpc) is 2.51. The first-order valence-corrected chi connectivity index (χ1v) is 7.88. The van der Waals surface area contributed by atoms with Gasteiger partial charge in [-0.15, -0.1) is 12.4 Å². The summed E-state index contributed by atoms with van der Waals surface area (Å²) in [5, 5.41) is 22.1. The number of rotatable bonds is 9. The minimum absolute atomic E-state index is 0. The lowest BCUT2D eigenvalue weighted by Crippen LogP contribution is -2.52. The fourth-order valence-corrected chi connectivity index (χ4v) is 2.47. The van der Waals surface area contributed by atoms with E-state index in [1.165, 1.54) is 7.11 Å². The Hall–Kier alpha value is -1.50. The van der Waals surface area contributed by atoms with Gasteiger partial charge in [0.25, 0.3) is 0 Å². The van der Waals surface area contributed by atoms with Crippen LogP contribution in [0, 0.1) is 5.92 Å². The zero-order chi connectivity index (χ0) is 17.5. The maximum atomic E-state index is 12.1. The number of benzene rings is 1. The maximum Gasteiger partial charge on any atom is 0.239 e. The minimum Gasteiger partial charge on any atom is -0.504 e. The summed E-state index contributed by atoms with van der Waals surface area (Å²) in [6, 6.07) is 5.11. The summed E-state index contributed by atoms with van der Waals surface area (Å²) in [6.45, 7) is 3.95. The highest BCUT2D eigenvalue weighted by Crippen LogP contribution is 2.27. The number of methoxy groups -OCH3 is 1. The first-order chi connectivity index (χ1) is 10.8. The van der Waals surface area contributed by atoms with Crippen LogP contribution in [0.4, 0.5) is 0 Å². The fraction of sp³-hybridized carbons (Fsp3) is 0.588. The minimum atomic E-state index is -0.896. The van der Waals surface area contributed by atoms with E-state index in [0.717, 1.165) is 12.0 Å². The Morgan fingerprint density at radius 2 is 2.12 bits per heavy atom. The quantitative estimate of drug-likeness (QED) is 0.535. The van der Waals surface area contributed by atoms with E-state index >= 15 is 0 Å². The zero-order valence-corrected chi connectivity index (χ0v) is 15.4. The number of aliphatic hydroxyl groups excluding tert-OH is 1. The third kappa shape index (κ3) is 6.55. The molecule has 0 saturated carbocycles. The highest BCUT2D eigenvalue weighted by Gasteiger charge is 2.27. The Bertz CT molecular complexity index is 523. The Balaban J connectivity index is 0.00000529. The zero-order valence-electron chi connectivity index (χ0n) is 14.5. The van der Waals surface area contributed by atoms with Gasteiger partial charge in [-0.05, 0) is 37.5 Å². The predicted molar refractivity (Wildman–Crippen MR) is 96.7 cm³/mol. The molecule has 0 saturated heterocycles. The number of nitrogens with one attached hydrogen (secondary N) is 1. The van der Waals surface area contributed by atoms with Crippen LogP contribution in [0.15, 0.2) is 18.2 Å². The number of phenols is 1. The molecule has 0 radical (unpaired) electrons. The van der Waals surface area contributed by atoms with Gasteiger partial charge in [-0.3, -0.25) is 4.79 Å². The Morgan fingerprint density at radius 1 is 1.46 bits per heavy atom. The number of carbonyl (C=O) groups is 1. The van der Waals surface area contributed by atoms with E-state index in [0.29, 0.717) is 25.1 Å². The van der Waals surface area contributed by atoms with Crippen molar-refractivity contribution in [2.24, 2.45) is 11.7 Å². The van der Waals surface area contributed by atoms with Crippen molar-refractivity contribution in [3.63, 3.8) is 0 Å². The van der Waals surface area contributed by atoms with Crippen molar-refractivity contribution >= 4 is 18.3 Å². The van der Waals surface area contributed by atoms with Crippen LogP contribution in [0.25, 0.3) is 0 Å². The highest BCUT2D eigenvalue weighted by molar-refractivity contribution is 5.85. The monoisotopic (exact) mass is 360 g/mol. The summed E-state index contributed by atoms with van der Waals surface area (Å²) in [7, 11) is 1.49. The van der Waals surface area contributed by atoms with E-state index in [1.807, 2.05) is 13.0 Å². The molecule has 0 bridgehead atoms. The van der Waals surface area contributed by atoms with Crippen molar-refractivity contribution in [3.05, 3.63) is 23.8 Å². The van der Waals surface area contributed by atoms with Gasteiger partial charge in [0.1, 0.15) is 0 Å². The SMILES string of the molecule is CCCC(C)(N)C(=O)NCC(CO)Cc1ccc(OC)c(O)c1.Cl. The molecule has 6 nitrogen and oxygen atoms in total. The number of phenolic OH excluding ortho intramolecular Hbond substituents is 1. The topological polar surface area (TPSA) is 105 Å². The second-order valence-corrected chi connectivity index (χ2v) is 6.14. The number of aromatic hydroxyl groups is 1. The molecule has 0 aromatic heterocycles. The van der Waals surface area contributed by atoms with E-state index in [9.17, 15) is 15.0 Å². The van der Waals surface area contributed by atoms with Crippen molar-refractivity contribution in [2.45, 2.75) is 38.6 Å². The van der Waals surface area contributed by atoms with Crippen molar-refractivity contribution < 1.29 is 19.7 Å². The molecule has 1 amide bonds. The summed E-state index contributed by atoms with van der Waals surface area (Å²) in [6.07, 6.45) is 1.97. The summed E-state index contributed by atoms with van der Waals surface area (Å²) in [4.78, 5) is 12.1. The number of hydrogen-bond donors (Lipinski definition) is 4. The van der Waals surface area contributed by atoms with Crippen LogP contribution in [0.2, 0.25) is 0 Å². The summed E-state index contributed by atoms with van der Waals surface area (Å²) in [5.41, 5.74) is 5.95. The number of halogens is 1. The largest absolute Gasteiger partial charge is 0.504 e. The van der Waals surface area contributed by atoms with Gasteiger partial charge in [0, 0.05) is 19.1 Å². The number of carbonyl (C=O) groups excluding carboxylic acids is 1. The predicted octanol–water partition coefficient (Wildman–Crippen LogP) is 1.61. The summed E-state index contributed by atoms with van der Waals surface area (Å²) < 4.78 is 5.00. The second kappa shape index (κ2) is 10.4. The smallest absolute Gasteiger partial charge is 0.239 e. The molecule has 7 heteroatoms. The fourth-order valence-electron chi connectivity index (χ4n) is 2.47. The van der Waals surface area contributed by atoms with Crippen molar-refractivity contribution in [3.8, 4) is 11.5 Å². The molecule has 1 aromatic carbocycles. The molecule has 0 aliphatic heterocycles. The van der Waals surface area contributed by atoms with Gasteiger partial charge < -0.3 is 26.0 Å². The molecule has 0 spiro atoms. The Labute approximate surface area is 149 Å². The normalized spacial score (nSPS) is 14.2. The van der Waals surface area contributed by atoms with E-state index in [2.05, 4.69) is 5.32 Å². The summed E-state index contributed by atoms with van der Waals surface area (Å²) >= 11 is 0. The van der Waals surface area contributed by atoms with Crippen LogP contribution in [-0.2, 0) is 11.2 Å². The third-order valence-corrected chi connectivity index (χ3v) is 3.87. The average molecular weight is 361 g/mol. The van der Waals surface area contributed by atoms with Crippen LogP contribution in [-0.4, -0.2) is 41.9 Å². The molecule has 24 heavy (non-hydrogen) atoms. The lowest BCUT2D eigenvalue weighted by Gasteiger charge is -2.24. The third-order valence-electron chi connectivity index (χ3n) is 3.87. The number of aliphatic hydroxyl groups is 1. The molecular weight excluding hydrogens is 332 g/mol. The molecule has 5 N–H and O–H groups in total. The van der Waals surface area contributed by atoms with Gasteiger partial charge in [-0.25, -0.2) is 0 Å². The molecule has 1 aromatic rings. The van der Waals surface area contributed by atoms with Crippen LogP contribution < -0.4 is 15.8 Å². The van der Waals surface area contributed by atoms with Gasteiger partial charge in [-0.1, -0.05) is 19.4 Å². The lowest BCUT2D eigenvalue weighted by molar-refractivity contribution is -0.126. The van der Waals surface area contributed by atoms with Crippen molar-refractivity contribution in [2.75, 3.05) is 20.3 Å². The van der Waals surface area contributed by atoms with Gasteiger partial charge >= 0.3 is 0 Å². The van der Waals surface area contributed by atoms with Crippen LogP contribution in [0.3, 0.4) is 0 Å². The lowest BCUT2D eigenvalue weighted by atomic mass is 9.95. The number of ether oxygens (including phenoxy) is 1. The molecule has 0 aliphatic carbocycles. The van der Waals surface area contributed by atoms with E-state index in [-0.39, 0.29) is 36.6 Å². The van der Waals surface area contributed by atoms with E-state index < -0.39 is 5.54 Å². The molecule has 0 aliphatic rings. The Morgan fingerprint density at radius 3 is 2.62 bits per heavy atom. The highest BCUT2D eigenvalue weighted by atomic mass is 35.5. The van der Waals surface area contributed by atoms with Crippen molar-refractivity contribution in [1.29, 1.82) is 0 Å². The van der Waals surface area contributed by atoms with Gasteiger partial charge in [0.15, 0.2) is 11.5 Å². The van der Waals surface area contributed by atoms with Gasteiger partial charge in [0.05, 0.1) is 12.6 Å². The number of nitrogens with two attached hydrogens (primary N) is 1. The van der Waals surface area contributed by atoms with Crippen molar-refractivity contribution in [1.82, 2.24) is 5.32 Å². The van der Waals surface area contributed by atoms with Gasteiger partial charge in [0.2, 0.25) is 5.91 Å². The number of hydrogen-bond acceptors (Lipinski definition) is 5. The molecule has 1 rings (SSSR count). The molecule has 0 fully saturated rings. The molecule has 2 atom stereocenters. The first kappa shape index (κ1) is 22.5. The van der Waals surface area contributed by atoms with E-state index in [4.69, 9.17) is 10.5 Å². The van der Waals surface area contributed by atoms with Crippen LogP contribution in [0.5, 0.6) is 11.5 Å². The maximum absolute atomic E-state index is 12.1. The van der Waals surface area contributed by atoms with Crippen LogP contribution >= 0.6 is 12.4 Å². The standard InChI is InChI=1S/C17H28N2O4.ClH/c1-4-7-17(2,18)16(22)19-10-13(11-20)8-12-5-6-15(23-3)14(21)9-12;/h5-6,9,13,20-21H,4,7-8,10-11,18H2,1-3H3,(H,19,22);1H. The molecule has 138 valence electrons. The van der Waals surface area contributed by atoms with Gasteiger partial charge in [-0.2, -0.15) is 0 Å². The molecular formula is C17H29ClN2O4. The number of amides is 1. The summed E-state index contributed by atoms with van der Waals surface area (Å²) in [5.74, 6) is 0.101.